The van der Waals surface area contributed by atoms with Crippen molar-refractivity contribution in [2.45, 2.75) is 38.8 Å². The second-order valence-electron chi connectivity index (χ2n) is 6.65. The minimum Gasteiger partial charge on any atom is -0.497 e. The SMILES string of the molecule is CCCS(=O)(=O)N1CCC[C@H]1C(=O)OCc1cc(=O)oc2cc(OC)ccc12. The van der Waals surface area contributed by atoms with E-state index < -0.39 is 27.7 Å². The highest BCUT2D eigenvalue weighted by molar-refractivity contribution is 7.89. The molecule has 0 radical (unpaired) electrons. The number of sulfonamides is 1. The highest BCUT2D eigenvalue weighted by Crippen LogP contribution is 2.25. The molecule has 0 N–H and O–H groups in total. The van der Waals surface area contributed by atoms with E-state index in [2.05, 4.69) is 0 Å². The number of rotatable bonds is 7. The number of carbonyl (C=O) groups is 1. The van der Waals surface area contributed by atoms with Crippen LogP contribution >= 0.6 is 0 Å². The Bertz CT molecular complexity index is 1030. The summed E-state index contributed by atoms with van der Waals surface area (Å²) in [5.74, 6) is -0.0669. The fourth-order valence-electron chi connectivity index (χ4n) is 3.39. The van der Waals surface area contributed by atoms with Crippen molar-refractivity contribution in [2.24, 2.45) is 0 Å². The molecule has 1 aliphatic heterocycles. The maximum atomic E-state index is 12.6. The van der Waals surface area contributed by atoms with E-state index in [1.165, 1.54) is 17.5 Å². The number of hydrogen-bond donors (Lipinski definition) is 0. The smallest absolute Gasteiger partial charge is 0.336 e. The number of esters is 1. The third-order valence-corrected chi connectivity index (χ3v) is 6.78. The molecule has 0 aliphatic carbocycles. The van der Waals surface area contributed by atoms with E-state index >= 15 is 0 Å². The molecule has 1 saturated heterocycles. The maximum Gasteiger partial charge on any atom is 0.336 e. The Labute approximate surface area is 163 Å². The molecular weight excluding hydrogens is 386 g/mol. The van der Waals surface area contributed by atoms with E-state index in [0.29, 0.717) is 48.1 Å². The highest BCUT2D eigenvalue weighted by atomic mass is 32.2. The summed E-state index contributed by atoms with van der Waals surface area (Å²) >= 11 is 0. The number of benzene rings is 1. The lowest BCUT2D eigenvalue weighted by Crippen LogP contribution is -2.42. The van der Waals surface area contributed by atoms with Crippen LogP contribution in [0.1, 0.15) is 31.7 Å². The van der Waals surface area contributed by atoms with Crippen LogP contribution in [0.2, 0.25) is 0 Å². The van der Waals surface area contributed by atoms with Crippen LogP contribution in [0.5, 0.6) is 5.75 Å². The molecule has 0 amide bonds. The molecule has 0 bridgehead atoms. The first-order valence-electron chi connectivity index (χ1n) is 9.12. The molecule has 0 unspecified atom stereocenters. The third-order valence-electron chi connectivity index (χ3n) is 4.70. The maximum absolute atomic E-state index is 12.6. The van der Waals surface area contributed by atoms with Crippen molar-refractivity contribution in [3.05, 3.63) is 40.2 Å². The number of nitrogens with zero attached hydrogens (tertiary/aromatic N) is 1. The average molecular weight is 409 g/mol. The zero-order valence-electron chi connectivity index (χ0n) is 15.8. The molecule has 1 atom stereocenters. The molecule has 0 spiro atoms. The van der Waals surface area contributed by atoms with Crippen LogP contribution in [-0.2, 0) is 26.2 Å². The lowest BCUT2D eigenvalue weighted by atomic mass is 10.1. The normalized spacial score (nSPS) is 17.7. The minimum atomic E-state index is -3.48. The molecule has 1 fully saturated rings. The molecular formula is C19H23NO7S. The Hall–Kier alpha value is -2.39. The fourth-order valence-corrected chi connectivity index (χ4v) is 5.12. The quantitative estimate of drug-likeness (QED) is 0.509. The van der Waals surface area contributed by atoms with Crippen LogP contribution in [0.4, 0.5) is 0 Å². The predicted octanol–water partition coefficient (Wildman–Crippen LogP) is 2.05. The predicted molar refractivity (Wildman–Crippen MR) is 103 cm³/mol. The molecule has 2 heterocycles. The first-order valence-corrected chi connectivity index (χ1v) is 10.7. The molecule has 3 rings (SSSR count). The summed E-state index contributed by atoms with van der Waals surface area (Å²) < 4.78 is 41.6. The van der Waals surface area contributed by atoms with Crippen molar-refractivity contribution in [1.82, 2.24) is 4.31 Å². The Kier molecular flexibility index (Phi) is 6.04. The van der Waals surface area contributed by atoms with Gasteiger partial charge in [0.15, 0.2) is 0 Å². The van der Waals surface area contributed by atoms with Gasteiger partial charge in [-0.15, -0.1) is 0 Å². The Morgan fingerprint density at radius 1 is 1.32 bits per heavy atom. The summed E-state index contributed by atoms with van der Waals surface area (Å²) in [7, 11) is -1.98. The van der Waals surface area contributed by atoms with Crippen molar-refractivity contribution in [3.8, 4) is 5.75 Å². The van der Waals surface area contributed by atoms with Gasteiger partial charge in [0.2, 0.25) is 10.0 Å². The van der Waals surface area contributed by atoms with Gasteiger partial charge < -0.3 is 13.9 Å². The zero-order chi connectivity index (χ0) is 20.3. The molecule has 28 heavy (non-hydrogen) atoms. The second-order valence-corrected chi connectivity index (χ2v) is 8.69. The summed E-state index contributed by atoms with van der Waals surface area (Å²) in [6.07, 6.45) is 1.52. The molecule has 1 aromatic carbocycles. The van der Waals surface area contributed by atoms with Crippen LogP contribution in [-0.4, -0.2) is 44.1 Å². The van der Waals surface area contributed by atoms with Crippen molar-refractivity contribution in [2.75, 3.05) is 19.4 Å². The fraction of sp³-hybridized carbons (Fsp3) is 0.474. The van der Waals surface area contributed by atoms with E-state index in [1.807, 2.05) is 0 Å². The largest absolute Gasteiger partial charge is 0.497 e. The first kappa shape index (κ1) is 20.3. The molecule has 0 saturated carbocycles. The lowest BCUT2D eigenvalue weighted by Gasteiger charge is -2.22. The van der Waals surface area contributed by atoms with Gasteiger partial charge in [0.1, 0.15) is 24.0 Å². The summed E-state index contributed by atoms with van der Waals surface area (Å²) in [5.41, 5.74) is 0.244. The second kappa shape index (κ2) is 8.32. The van der Waals surface area contributed by atoms with Crippen LogP contribution in [0, 0.1) is 0 Å². The molecule has 1 aliphatic rings. The number of carbonyl (C=O) groups excluding carboxylic acids is 1. The lowest BCUT2D eigenvalue weighted by molar-refractivity contribution is -0.148. The third kappa shape index (κ3) is 4.20. The van der Waals surface area contributed by atoms with Gasteiger partial charge in [-0.3, -0.25) is 4.79 Å². The molecule has 1 aromatic heterocycles. The van der Waals surface area contributed by atoms with Gasteiger partial charge in [-0.2, -0.15) is 4.31 Å². The molecule has 152 valence electrons. The zero-order valence-corrected chi connectivity index (χ0v) is 16.7. The van der Waals surface area contributed by atoms with E-state index in [4.69, 9.17) is 13.9 Å². The van der Waals surface area contributed by atoms with Crippen LogP contribution in [0.3, 0.4) is 0 Å². The summed E-state index contributed by atoms with van der Waals surface area (Å²) in [6, 6.07) is 5.46. The van der Waals surface area contributed by atoms with Crippen molar-refractivity contribution in [1.29, 1.82) is 0 Å². The monoisotopic (exact) mass is 409 g/mol. The van der Waals surface area contributed by atoms with E-state index in [0.717, 1.165) is 0 Å². The van der Waals surface area contributed by atoms with E-state index in [9.17, 15) is 18.0 Å². The summed E-state index contributed by atoms with van der Waals surface area (Å²) in [4.78, 5) is 24.4. The van der Waals surface area contributed by atoms with E-state index in [1.54, 1.807) is 25.1 Å². The Balaban J connectivity index is 1.78. The van der Waals surface area contributed by atoms with Crippen molar-refractivity contribution in [3.63, 3.8) is 0 Å². The van der Waals surface area contributed by atoms with E-state index in [-0.39, 0.29) is 12.4 Å². The average Bonchev–Trinajstić information content (AvgIpc) is 3.16. The number of hydrogen-bond acceptors (Lipinski definition) is 7. The highest BCUT2D eigenvalue weighted by Gasteiger charge is 2.39. The molecule has 2 aromatic rings. The van der Waals surface area contributed by atoms with Gasteiger partial charge >= 0.3 is 11.6 Å². The Morgan fingerprint density at radius 2 is 2.11 bits per heavy atom. The number of ether oxygens (including phenoxy) is 2. The van der Waals surface area contributed by atoms with Gasteiger partial charge in [0.25, 0.3) is 0 Å². The number of fused-ring (bicyclic) bond motifs is 1. The Morgan fingerprint density at radius 3 is 2.82 bits per heavy atom. The number of methoxy groups -OCH3 is 1. The van der Waals surface area contributed by atoms with Crippen molar-refractivity contribution < 1.29 is 27.1 Å². The summed E-state index contributed by atoms with van der Waals surface area (Å²) in [5, 5.41) is 0.620. The standard InChI is InChI=1S/C19H23NO7S/c1-3-9-28(23,24)20-8-4-5-16(20)19(22)26-12-13-10-18(21)27-17-11-14(25-2)6-7-15(13)17/h6-7,10-11,16H,3-5,8-9,12H2,1-2H3/t16-/m0/s1. The van der Waals surface area contributed by atoms with Gasteiger partial charge in [0.05, 0.1) is 12.9 Å². The molecule has 9 heteroatoms. The van der Waals surface area contributed by atoms with Gasteiger partial charge in [-0.25, -0.2) is 13.2 Å². The van der Waals surface area contributed by atoms with Gasteiger partial charge in [-0.05, 0) is 31.4 Å². The molecule has 8 nitrogen and oxygen atoms in total. The topological polar surface area (TPSA) is 103 Å². The minimum absolute atomic E-state index is 0.00296. The van der Waals surface area contributed by atoms with Crippen LogP contribution < -0.4 is 10.4 Å². The van der Waals surface area contributed by atoms with Crippen LogP contribution in [0.15, 0.2) is 33.5 Å². The van der Waals surface area contributed by atoms with Gasteiger partial charge in [-0.1, -0.05) is 6.92 Å². The first-order chi connectivity index (χ1) is 13.4. The van der Waals surface area contributed by atoms with Gasteiger partial charge in [0, 0.05) is 29.6 Å². The van der Waals surface area contributed by atoms with Crippen LogP contribution in [0.25, 0.3) is 11.0 Å². The van der Waals surface area contributed by atoms with Crippen molar-refractivity contribution >= 4 is 27.0 Å². The summed E-state index contributed by atoms with van der Waals surface area (Å²) in [6.45, 7) is 1.95.